The normalized spacial score (nSPS) is 25.3. The van der Waals surface area contributed by atoms with Gasteiger partial charge in [-0.15, -0.1) is 0 Å². The van der Waals surface area contributed by atoms with Gasteiger partial charge in [-0.2, -0.15) is 0 Å². The van der Waals surface area contributed by atoms with Gasteiger partial charge in [-0.25, -0.2) is 0 Å². The van der Waals surface area contributed by atoms with E-state index < -0.39 is 0 Å². The molecule has 2 rings (SSSR count). The maximum absolute atomic E-state index is 3.68. The van der Waals surface area contributed by atoms with E-state index in [4.69, 9.17) is 0 Å². The van der Waals surface area contributed by atoms with Crippen molar-refractivity contribution in [3.63, 3.8) is 0 Å². The summed E-state index contributed by atoms with van der Waals surface area (Å²) >= 11 is 0. The summed E-state index contributed by atoms with van der Waals surface area (Å²) in [6.45, 7) is 15.6. The standard InChI is InChI=1S/C17H30N2.Li/c1-16(2,3)18-10-14-12-7-8-13(9-12)15(14)11-19-17(4,5)6;/h7-8,12,14,18-19H,9-11H2,1-6H3;/t12-,14+;/m1./s1. The molecule has 0 aliphatic heterocycles. The van der Waals surface area contributed by atoms with Crippen LogP contribution in [0.2, 0.25) is 0 Å². The monoisotopic (exact) mass is 269 g/mol. The molecule has 0 fully saturated rings. The molecule has 0 unspecified atom stereocenters. The molecule has 1 radical (unpaired) electrons. The number of hydrogen-bond donors (Lipinski definition) is 2. The van der Waals surface area contributed by atoms with Crippen molar-refractivity contribution in [2.24, 2.45) is 11.8 Å². The van der Waals surface area contributed by atoms with Crippen molar-refractivity contribution in [3.05, 3.63) is 23.3 Å². The first kappa shape index (κ1) is 18.0. The Hall–Kier alpha value is -0.00260. The first-order chi connectivity index (χ1) is 8.66. The molecule has 2 N–H and O–H groups in total. The van der Waals surface area contributed by atoms with E-state index in [1.54, 1.807) is 11.1 Å². The van der Waals surface area contributed by atoms with Gasteiger partial charge in [0, 0.05) is 48.9 Å². The Kier molecular flexibility index (Phi) is 5.78. The van der Waals surface area contributed by atoms with E-state index in [1.165, 1.54) is 6.42 Å². The Balaban J connectivity index is 0.00000200. The fourth-order valence-electron chi connectivity index (χ4n) is 2.94. The quantitative estimate of drug-likeness (QED) is 0.767. The van der Waals surface area contributed by atoms with Gasteiger partial charge >= 0.3 is 0 Å². The summed E-state index contributed by atoms with van der Waals surface area (Å²) in [5, 5.41) is 7.34. The van der Waals surface area contributed by atoms with Crippen LogP contribution in [0, 0.1) is 11.8 Å². The minimum atomic E-state index is 0. The van der Waals surface area contributed by atoms with E-state index in [-0.39, 0.29) is 29.9 Å². The molecule has 3 heteroatoms. The van der Waals surface area contributed by atoms with E-state index >= 15 is 0 Å². The van der Waals surface area contributed by atoms with Gasteiger partial charge in [-0.1, -0.05) is 12.2 Å². The van der Waals surface area contributed by atoms with Crippen LogP contribution in [-0.2, 0) is 0 Å². The Morgan fingerprint density at radius 2 is 1.65 bits per heavy atom. The minimum absolute atomic E-state index is 0. The van der Waals surface area contributed by atoms with Gasteiger partial charge in [0.15, 0.2) is 0 Å². The summed E-state index contributed by atoms with van der Waals surface area (Å²) < 4.78 is 0. The average Bonchev–Trinajstić information content (AvgIpc) is 2.81. The fraction of sp³-hybridized carbons (Fsp3) is 0.765. The third-order valence-electron chi connectivity index (χ3n) is 4.04. The van der Waals surface area contributed by atoms with Crippen LogP contribution in [0.3, 0.4) is 0 Å². The maximum atomic E-state index is 3.68. The maximum Gasteiger partial charge on any atom is 0.0178 e. The topological polar surface area (TPSA) is 24.1 Å². The molecule has 2 aliphatic rings. The van der Waals surface area contributed by atoms with E-state index in [1.807, 2.05) is 0 Å². The second kappa shape index (κ2) is 6.40. The average molecular weight is 269 g/mol. The Morgan fingerprint density at radius 3 is 2.20 bits per heavy atom. The van der Waals surface area contributed by atoms with Crippen LogP contribution in [0.5, 0.6) is 0 Å². The molecule has 2 nitrogen and oxygen atoms in total. The molecule has 0 heterocycles. The summed E-state index contributed by atoms with van der Waals surface area (Å²) in [5.74, 6) is 1.43. The predicted octanol–water partition coefficient (Wildman–Crippen LogP) is 2.88. The smallest absolute Gasteiger partial charge is 0.0178 e. The number of hydrogen-bond acceptors (Lipinski definition) is 2. The Bertz CT molecular complexity index is 396. The van der Waals surface area contributed by atoms with Crippen molar-refractivity contribution in [2.45, 2.75) is 59.0 Å². The van der Waals surface area contributed by atoms with Crippen molar-refractivity contribution >= 4 is 18.9 Å². The van der Waals surface area contributed by atoms with E-state index in [2.05, 4.69) is 64.3 Å². The van der Waals surface area contributed by atoms with Crippen LogP contribution in [0.1, 0.15) is 48.0 Å². The van der Waals surface area contributed by atoms with Crippen LogP contribution >= 0.6 is 0 Å². The zero-order valence-electron chi connectivity index (χ0n) is 14.4. The van der Waals surface area contributed by atoms with Crippen molar-refractivity contribution in [1.29, 1.82) is 0 Å². The summed E-state index contributed by atoms with van der Waals surface area (Å²) in [5.41, 5.74) is 3.63. The number of allylic oxidation sites excluding steroid dienone is 3. The van der Waals surface area contributed by atoms with Gasteiger partial charge in [0.05, 0.1) is 0 Å². The van der Waals surface area contributed by atoms with Crippen molar-refractivity contribution in [1.82, 2.24) is 10.6 Å². The summed E-state index contributed by atoms with van der Waals surface area (Å²) in [4.78, 5) is 0. The summed E-state index contributed by atoms with van der Waals surface area (Å²) in [6.07, 6.45) is 6.01. The van der Waals surface area contributed by atoms with Crippen LogP contribution in [-0.4, -0.2) is 43.0 Å². The van der Waals surface area contributed by atoms with Crippen LogP contribution < -0.4 is 10.6 Å². The first-order valence-corrected chi connectivity index (χ1v) is 7.56. The number of nitrogens with one attached hydrogen (secondary N) is 2. The molecule has 2 bridgehead atoms. The van der Waals surface area contributed by atoms with Crippen LogP contribution in [0.4, 0.5) is 0 Å². The van der Waals surface area contributed by atoms with Gasteiger partial charge in [-0.3, -0.25) is 0 Å². The van der Waals surface area contributed by atoms with Crippen molar-refractivity contribution in [2.75, 3.05) is 13.1 Å². The molecule has 0 saturated heterocycles. The minimum Gasteiger partial charge on any atom is -0.311 e. The fourth-order valence-corrected chi connectivity index (χ4v) is 2.94. The van der Waals surface area contributed by atoms with E-state index in [0.717, 1.165) is 19.0 Å². The number of fused-ring (bicyclic) bond motifs is 2. The molecular weight excluding hydrogens is 239 g/mol. The summed E-state index contributed by atoms with van der Waals surface area (Å²) in [7, 11) is 0. The molecule has 20 heavy (non-hydrogen) atoms. The van der Waals surface area contributed by atoms with Gasteiger partial charge in [-0.05, 0) is 65.0 Å². The Morgan fingerprint density at radius 1 is 1.05 bits per heavy atom. The molecule has 0 spiro atoms. The molecule has 109 valence electrons. The van der Waals surface area contributed by atoms with Crippen LogP contribution in [0.15, 0.2) is 23.3 Å². The molecule has 0 aromatic heterocycles. The molecule has 2 atom stereocenters. The second-order valence-corrected chi connectivity index (χ2v) is 8.12. The Labute approximate surface area is 137 Å². The third kappa shape index (κ3) is 4.78. The predicted molar refractivity (Wildman–Crippen MR) is 89.0 cm³/mol. The molecule has 0 aromatic rings. The van der Waals surface area contributed by atoms with Gasteiger partial charge in [0.2, 0.25) is 0 Å². The van der Waals surface area contributed by atoms with Gasteiger partial charge < -0.3 is 10.6 Å². The summed E-state index contributed by atoms with van der Waals surface area (Å²) in [6, 6.07) is 0. The largest absolute Gasteiger partial charge is 0.311 e. The molecule has 0 aromatic carbocycles. The van der Waals surface area contributed by atoms with E-state index in [0.29, 0.717) is 5.92 Å². The third-order valence-corrected chi connectivity index (χ3v) is 4.04. The van der Waals surface area contributed by atoms with E-state index in [9.17, 15) is 0 Å². The zero-order valence-corrected chi connectivity index (χ0v) is 14.4. The SMILES string of the molecule is CC(C)(C)NCC1=C2C=C[C@H](C2)[C@@H]1CNC(C)(C)C.[Li]. The second-order valence-electron chi connectivity index (χ2n) is 8.12. The van der Waals surface area contributed by atoms with Crippen molar-refractivity contribution < 1.29 is 0 Å². The van der Waals surface area contributed by atoms with Crippen LogP contribution in [0.25, 0.3) is 0 Å². The molecule has 0 saturated carbocycles. The molecular formula is C17H30LiN2. The zero-order chi connectivity index (χ0) is 14.3. The molecule has 2 aliphatic carbocycles. The molecule has 0 amide bonds. The van der Waals surface area contributed by atoms with Gasteiger partial charge in [0.25, 0.3) is 0 Å². The van der Waals surface area contributed by atoms with Crippen molar-refractivity contribution in [3.8, 4) is 0 Å². The number of rotatable bonds is 4. The first-order valence-electron chi connectivity index (χ1n) is 7.56. The van der Waals surface area contributed by atoms with Gasteiger partial charge in [0.1, 0.15) is 0 Å².